The summed E-state index contributed by atoms with van der Waals surface area (Å²) in [5.74, 6) is 1.22. The highest BCUT2D eigenvalue weighted by atomic mass is 35.5. The molecule has 28 heavy (non-hydrogen) atoms. The van der Waals surface area contributed by atoms with Crippen molar-refractivity contribution in [3.05, 3.63) is 52.5 Å². The molecule has 5 nitrogen and oxygen atoms in total. The summed E-state index contributed by atoms with van der Waals surface area (Å²) in [4.78, 5) is 12.5. The Kier molecular flexibility index (Phi) is 6.30. The summed E-state index contributed by atoms with van der Waals surface area (Å²) in [7, 11) is -0.992. The van der Waals surface area contributed by atoms with E-state index in [-0.39, 0.29) is 0 Å². The number of carbonyl (C=O) groups excluding carboxylic acids is 1. The molecule has 0 saturated heterocycles. The molecule has 0 spiro atoms. The normalized spacial score (nSPS) is 15.9. The van der Waals surface area contributed by atoms with Gasteiger partial charge < -0.3 is 9.47 Å². The number of benzene rings is 2. The van der Waals surface area contributed by atoms with Gasteiger partial charge in [-0.3, -0.25) is 9.53 Å². The van der Waals surface area contributed by atoms with E-state index >= 15 is 0 Å². The summed E-state index contributed by atoms with van der Waals surface area (Å²) >= 11 is 6.31. The molecule has 0 aromatic heterocycles. The molecule has 2 aromatic carbocycles. The third kappa shape index (κ3) is 4.86. The molecule has 1 heterocycles. The molecular weight excluding hydrogens is 398 g/mol. The van der Waals surface area contributed by atoms with Crippen molar-refractivity contribution >= 4 is 34.2 Å². The van der Waals surface area contributed by atoms with Crippen LogP contribution in [0.2, 0.25) is 5.02 Å². The average Bonchev–Trinajstić information content (AvgIpc) is 2.62. The van der Waals surface area contributed by atoms with E-state index in [9.17, 15) is 9.00 Å². The zero-order valence-corrected chi connectivity index (χ0v) is 17.8. The first kappa shape index (κ1) is 20.7. The zero-order valence-electron chi connectivity index (χ0n) is 16.2. The fourth-order valence-corrected chi connectivity index (χ4v) is 4.41. The van der Waals surface area contributed by atoms with E-state index < -0.39 is 22.5 Å². The van der Waals surface area contributed by atoms with Gasteiger partial charge in [0.1, 0.15) is 11.4 Å². The number of anilines is 1. The number of halogens is 1. The van der Waals surface area contributed by atoms with Gasteiger partial charge in [0.05, 0.1) is 28.1 Å². The molecule has 0 fully saturated rings. The van der Waals surface area contributed by atoms with Crippen molar-refractivity contribution in [2.75, 3.05) is 17.7 Å². The van der Waals surface area contributed by atoms with Crippen molar-refractivity contribution in [1.82, 2.24) is 0 Å². The molecule has 0 aliphatic carbocycles. The molecule has 1 atom stereocenters. The summed E-state index contributed by atoms with van der Waals surface area (Å²) in [6, 6.07) is 11.3. The van der Waals surface area contributed by atoms with E-state index in [2.05, 4.69) is 5.32 Å². The summed E-state index contributed by atoms with van der Waals surface area (Å²) in [6.07, 6.45) is 1.06. The second-order valence-corrected chi connectivity index (χ2v) is 9.25. The highest BCUT2D eigenvalue weighted by molar-refractivity contribution is 7.85. The first-order valence-corrected chi connectivity index (χ1v) is 10.9. The van der Waals surface area contributed by atoms with Crippen LogP contribution in [-0.4, -0.2) is 22.7 Å². The summed E-state index contributed by atoms with van der Waals surface area (Å²) in [6.45, 7) is 6.13. The van der Waals surface area contributed by atoms with Crippen molar-refractivity contribution in [2.24, 2.45) is 0 Å². The van der Waals surface area contributed by atoms with Crippen LogP contribution >= 0.6 is 11.6 Å². The van der Waals surface area contributed by atoms with Gasteiger partial charge in [0.25, 0.3) is 0 Å². The van der Waals surface area contributed by atoms with Crippen LogP contribution in [0.15, 0.2) is 41.3 Å². The molecule has 3 rings (SSSR count). The van der Waals surface area contributed by atoms with Crippen molar-refractivity contribution in [1.29, 1.82) is 0 Å². The first-order valence-electron chi connectivity index (χ1n) is 9.18. The Morgan fingerprint density at radius 1 is 1.18 bits per heavy atom. The van der Waals surface area contributed by atoms with Crippen molar-refractivity contribution in [2.45, 2.75) is 44.1 Å². The third-order valence-corrected chi connectivity index (χ3v) is 6.32. The smallest absolute Gasteiger partial charge is 0.412 e. The maximum absolute atomic E-state index is 12.3. The van der Waals surface area contributed by atoms with Crippen molar-refractivity contribution < 1.29 is 18.5 Å². The molecule has 1 aliphatic rings. The van der Waals surface area contributed by atoms with Crippen LogP contribution in [0.5, 0.6) is 5.75 Å². The standard InChI is InChI=1S/C21H24ClNO4S/c1-14-6-8-16(9-7-14)28(25)11-5-4-10-26-15-12-17-19(18(22)13-15)23-20(24)27-21(17,2)3/h6-9,12-13H,4-5,10-11H2,1-3H3,(H,23,24). The van der Waals surface area contributed by atoms with E-state index in [1.165, 1.54) is 0 Å². The minimum atomic E-state index is -0.992. The van der Waals surface area contributed by atoms with Crippen LogP contribution in [0.3, 0.4) is 0 Å². The topological polar surface area (TPSA) is 64.6 Å². The number of rotatable bonds is 7. The van der Waals surface area contributed by atoms with Crippen molar-refractivity contribution in [3.8, 4) is 5.75 Å². The zero-order chi connectivity index (χ0) is 20.3. The van der Waals surface area contributed by atoms with Crippen molar-refractivity contribution in [3.63, 3.8) is 0 Å². The Morgan fingerprint density at radius 3 is 2.61 bits per heavy atom. The van der Waals surface area contributed by atoms with Crippen LogP contribution in [-0.2, 0) is 21.1 Å². The Morgan fingerprint density at radius 2 is 1.89 bits per heavy atom. The van der Waals surface area contributed by atoms with Gasteiger partial charge in [0.2, 0.25) is 0 Å². The van der Waals surface area contributed by atoms with E-state index in [4.69, 9.17) is 21.1 Å². The minimum absolute atomic E-state index is 0.415. The van der Waals surface area contributed by atoms with E-state index in [0.29, 0.717) is 28.8 Å². The number of unbranched alkanes of at least 4 members (excludes halogenated alkanes) is 1. The Balaban J connectivity index is 1.53. The fraction of sp³-hybridized carbons (Fsp3) is 0.381. The summed E-state index contributed by atoms with van der Waals surface area (Å²) in [5, 5.41) is 3.05. The molecular formula is C21H24ClNO4S. The van der Waals surface area contributed by atoms with E-state index in [0.717, 1.165) is 28.9 Å². The van der Waals surface area contributed by atoms with E-state index in [1.807, 2.05) is 51.1 Å². The number of nitrogens with one attached hydrogen (secondary N) is 1. The molecule has 150 valence electrons. The largest absolute Gasteiger partial charge is 0.494 e. The Labute approximate surface area is 172 Å². The number of aryl methyl sites for hydroxylation is 1. The molecule has 0 radical (unpaired) electrons. The number of ether oxygens (including phenoxy) is 2. The lowest BCUT2D eigenvalue weighted by Gasteiger charge is -2.33. The van der Waals surface area contributed by atoms with Crippen LogP contribution in [0.25, 0.3) is 0 Å². The predicted octanol–water partition coefficient (Wildman–Crippen LogP) is 5.41. The van der Waals surface area contributed by atoms with Crippen LogP contribution in [0.4, 0.5) is 10.5 Å². The fourth-order valence-electron chi connectivity index (χ4n) is 3.01. The molecule has 0 saturated carbocycles. The molecule has 0 bridgehead atoms. The number of hydrogen-bond donors (Lipinski definition) is 1. The maximum Gasteiger partial charge on any atom is 0.412 e. The van der Waals surface area contributed by atoms with Gasteiger partial charge in [-0.2, -0.15) is 0 Å². The average molecular weight is 422 g/mol. The highest BCUT2D eigenvalue weighted by Gasteiger charge is 2.35. The second-order valence-electron chi connectivity index (χ2n) is 7.27. The molecule has 1 amide bonds. The lowest BCUT2D eigenvalue weighted by Crippen LogP contribution is -2.34. The third-order valence-electron chi connectivity index (χ3n) is 4.56. The van der Waals surface area contributed by atoms with Crippen LogP contribution in [0.1, 0.15) is 37.8 Å². The Bertz CT molecular complexity index is 896. The van der Waals surface area contributed by atoms with Gasteiger partial charge in [-0.05, 0) is 51.8 Å². The molecule has 1 N–H and O–H groups in total. The van der Waals surface area contributed by atoms with Gasteiger partial charge >= 0.3 is 6.09 Å². The monoisotopic (exact) mass is 421 g/mol. The van der Waals surface area contributed by atoms with E-state index in [1.54, 1.807) is 6.07 Å². The number of amides is 1. The second kappa shape index (κ2) is 8.53. The molecule has 2 aromatic rings. The lowest BCUT2D eigenvalue weighted by molar-refractivity contribution is 0.0418. The van der Waals surface area contributed by atoms with Gasteiger partial charge in [0, 0.05) is 22.3 Å². The summed E-state index contributed by atoms with van der Waals surface area (Å²) in [5.41, 5.74) is 1.70. The number of carbonyl (C=O) groups is 1. The molecule has 1 aliphatic heterocycles. The minimum Gasteiger partial charge on any atom is -0.494 e. The highest BCUT2D eigenvalue weighted by Crippen LogP contribution is 2.42. The van der Waals surface area contributed by atoms with Crippen LogP contribution in [0, 0.1) is 6.92 Å². The van der Waals surface area contributed by atoms with Gasteiger partial charge in [-0.1, -0.05) is 29.3 Å². The van der Waals surface area contributed by atoms with Gasteiger partial charge in [0.15, 0.2) is 0 Å². The summed E-state index contributed by atoms with van der Waals surface area (Å²) < 4.78 is 23.5. The maximum atomic E-state index is 12.3. The SMILES string of the molecule is Cc1ccc(S(=O)CCCCOc2cc(Cl)c3c(c2)C(C)(C)OC(=O)N3)cc1. The van der Waals surface area contributed by atoms with Crippen LogP contribution < -0.4 is 10.1 Å². The molecule has 7 heteroatoms. The molecule has 1 unspecified atom stereocenters. The number of hydrogen-bond acceptors (Lipinski definition) is 4. The quantitative estimate of drug-likeness (QED) is 0.607. The number of fused-ring (bicyclic) bond motifs is 1. The number of cyclic esters (lactones) is 1. The van der Waals surface area contributed by atoms with Gasteiger partial charge in [-0.25, -0.2) is 4.79 Å². The first-order chi connectivity index (χ1) is 13.3. The van der Waals surface area contributed by atoms with Gasteiger partial charge in [-0.15, -0.1) is 0 Å². The Hall–Kier alpha value is -2.05. The predicted molar refractivity (Wildman–Crippen MR) is 112 cm³/mol. The lowest BCUT2D eigenvalue weighted by atomic mass is 9.94.